The Kier molecular flexibility index (Phi) is 3.63. The van der Waals surface area contributed by atoms with E-state index in [9.17, 15) is 5.11 Å². The molecule has 1 aromatic rings. The van der Waals surface area contributed by atoms with E-state index in [-0.39, 0.29) is 6.10 Å². The van der Waals surface area contributed by atoms with Crippen molar-refractivity contribution in [2.45, 2.75) is 38.2 Å². The van der Waals surface area contributed by atoms with Gasteiger partial charge in [-0.05, 0) is 59.7 Å². The van der Waals surface area contributed by atoms with Gasteiger partial charge in [0.25, 0.3) is 0 Å². The average molecular weight is 275 g/mol. The van der Waals surface area contributed by atoms with Crippen molar-refractivity contribution in [1.82, 2.24) is 0 Å². The van der Waals surface area contributed by atoms with Gasteiger partial charge >= 0.3 is 0 Å². The molecule has 2 atom stereocenters. The van der Waals surface area contributed by atoms with Gasteiger partial charge < -0.3 is 5.11 Å². The van der Waals surface area contributed by atoms with E-state index < -0.39 is 0 Å². The highest BCUT2D eigenvalue weighted by Crippen LogP contribution is 2.30. The first-order valence-corrected chi connectivity index (χ1v) is 6.77. The first-order valence-electron chi connectivity index (χ1n) is 5.16. The third-order valence-corrected chi connectivity index (χ3v) is 4.52. The van der Waals surface area contributed by atoms with Gasteiger partial charge in [-0.2, -0.15) is 0 Å². The molecule has 2 rings (SSSR count). The minimum Gasteiger partial charge on any atom is -0.393 e. The Labute approximate surface area is 97.3 Å². The summed E-state index contributed by atoms with van der Waals surface area (Å²) in [6.45, 7) is 0. The van der Waals surface area contributed by atoms with Crippen LogP contribution in [0.3, 0.4) is 0 Å². The lowest BCUT2D eigenvalue weighted by atomic mass is 9.85. The molecule has 0 spiro atoms. The summed E-state index contributed by atoms with van der Waals surface area (Å²) in [5.41, 5.74) is 0. The predicted octanol–water partition coefficient (Wildman–Crippen LogP) is 3.60. The molecule has 0 radical (unpaired) electrons. The molecule has 2 unspecified atom stereocenters. The van der Waals surface area contributed by atoms with Crippen LogP contribution in [0.5, 0.6) is 0 Å². The average Bonchev–Trinajstić information content (AvgIpc) is 2.51. The van der Waals surface area contributed by atoms with E-state index in [1.54, 1.807) is 0 Å². The minimum absolute atomic E-state index is 0.0443. The fraction of sp³-hybridized carbons (Fsp3) is 0.636. The maximum atomic E-state index is 9.56. The second-order valence-electron chi connectivity index (χ2n) is 4.10. The van der Waals surface area contributed by atoms with Crippen LogP contribution in [0.1, 0.15) is 30.6 Å². The SMILES string of the molecule is OC1CCCC(Cc2ccc(Br)s2)C1. The van der Waals surface area contributed by atoms with Crippen LogP contribution in [-0.2, 0) is 6.42 Å². The highest BCUT2D eigenvalue weighted by molar-refractivity contribution is 9.11. The molecule has 1 aliphatic carbocycles. The molecule has 0 aliphatic heterocycles. The van der Waals surface area contributed by atoms with Crippen LogP contribution in [0.15, 0.2) is 15.9 Å². The fourth-order valence-corrected chi connectivity index (χ4v) is 3.79. The number of rotatable bonds is 2. The lowest BCUT2D eigenvalue weighted by Gasteiger charge is -2.25. The first-order chi connectivity index (χ1) is 6.74. The Hall–Kier alpha value is 0.140. The van der Waals surface area contributed by atoms with Crippen LogP contribution in [-0.4, -0.2) is 11.2 Å². The zero-order valence-corrected chi connectivity index (χ0v) is 10.5. The number of halogens is 1. The van der Waals surface area contributed by atoms with Gasteiger partial charge in [-0.15, -0.1) is 11.3 Å². The van der Waals surface area contributed by atoms with Crippen LogP contribution in [0.2, 0.25) is 0 Å². The lowest BCUT2D eigenvalue weighted by molar-refractivity contribution is 0.101. The summed E-state index contributed by atoms with van der Waals surface area (Å²) in [4.78, 5) is 1.44. The smallest absolute Gasteiger partial charge is 0.0701 e. The molecule has 0 saturated heterocycles. The second-order valence-corrected chi connectivity index (χ2v) is 6.64. The van der Waals surface area contributed by atoms with Crippen LogP contribution in [0.4, 0.5) is 0 Å². The topological polar surface area (TPSA) is 20.2 Å². The van der Waals surface area contributed by atoms with Crippen molar-refractivity contribution < 1.29 is 5.11 Å². The molecule has 1 N–H and O–H groups in total. The van der Waals surface area contributed by atoms with Gasteiger partial charge in [-0.3, -0.25) is 0 Å². The summed E-state index contributed by atoms with van der Waals surface area (Å²) < 4.78 is 1.21. The number of aliphatic hydroxyl groups is 1. The van der Waals surface area contributed by atoms with Gasteiger partial charge in [0, 0.05) is 4.88 Å². The zero-order chi connectivity index (χ0) is 9.97. The van der Waals surface area contributed by atoms with Crippen molar-refractivity contribution in [3.63, 3.8) is 0 Å². The molecule has 1 heterocycles. The molecular formula is C11H15BrOS. The van der Waals surface area contributed by atoms with E-state index in [1.807, 2.05) is 11.3 Å². The van der Waals surface area contributed by atoms with E-state index in [0.717, 1.165) is 19.3 Å². The van der Waals surface area contributed by atoms with Gasteiger partial charge in [0.05, 0.1) is 9.89 Å². The van der Waals surface area contributed by atoms with Gasteiger partial charge in [-0.25, -0.2) is 0 Å². The Bertz CT molecular complexity index is 297. The van der Waals surface area contributed by atoms with Crippen molar-refractivity contribution in [2.24, 2.45) is 5.92 Å². The van der Waals surface area contributed by atoms with Crippen LogP contribution in [0.25, 0.3) is 0 Å². The fourth-order valence-electron chi connectivity index (χ4n) is 2.19. The van der Waals surface area contributed by atoms with E-state index >= 15 is 0 Å². The van der Waals surface area contributed by atoms with Crippen molar-refractivity contribution in [1.29, 1.82) is 0 Å². The summed E-state index contributed by atoms with van der Waals surface area (Å²) in [5.74, 6) is 0.698. The van der Waals surface area contributed by atoms with E-state index in [4.69, 9.17) is 0 Å². The Balaban J connectivity index is 1.90. The van der Waals surface area contributed by atoms with Gasteiger partial charge in [-0.1, -0.05) is 6.42 Å². The van der Waals surface area contributed by atoms with Crippen molar-refractivity contribution >= 4 is 27.3 Å². The standard InChI is InChI=1S/C11H15BrOS/c12-11-5-4-10(14-11)7-8-2-1-3-9(13)6-8/h4-5,8-9,13H,1-3,6-7H2. The molecule has 14 heavy (non-hydrogen) atoms. The monoisotopic (exact) mass is 274 g/mol. The van der Waals surface area contributed by atoms with Crippen molar-refractivity contribution in [3.8, 4) is 0 Å². The van der Waals surface area contributed by atoms with Crippen molar-refractivity contribution in [3.05, 3.63) is 20.8 Å². The predicted molar refractivity (Wildman–Crippen MR) is 63.7 cm³/mol. The minimum atomic E-state index is -0.0443. The van der Waals surface area contributed by atoms with Crippen LogP contribution < -0.4 is 0 Å². The third kappa shape index (κ3) is 2.81. The maximum Gasteiger partial charge on any atom is 0.0701 e. The normalized spacial score (nSPS) is 27.9. The van der Waals surface area contributed by atoms with E-state index in [1.165, 1.54) is 21.5 Å². The largest absolute Gasteiger partial charge is 0.393 e. The number of hydrogen-bond acceptors (Lipinski definition) is 2. The van der Waals surface area contributed by atoms with Gasteiger partial charge in [0.1, 0.15) is 0 Å². The highest BCUT2D eigenvalue weighted by Gasteiger charge is 2.20. The molecule has 1 nitrogen and oxygen atoms in total. The molecule has 0 aromatic carbocycles. The van der Waals surface area contributed by atoms with Crippen LogP contribution >= 0.6 is 27.3 Å². The Morgan fingerprint density at radius 1 is 1.43 bits per heavy atom. The number of hydrogen-bond donors (Lipinski definition) is 1. The first kappa shape index (κ1) is 10.7. The number of aliphatic hydroxyl groups excluding tert-OH is 1. The molecule has 0 amide bonds. The Morgan fingerprint density at radius 2 is 2.29 bits per heavy atom. The molecule has 1 fully saturated rings. The molecule has 1 aliphatic rings. The van der Waals surface area contributed by atoms with Crippen molar-refractivity contribution in [2.75, 3.05) is 0 Å². The van der Waals surface area contributed by atoms with Crippen LogP contribution in [0, 0.1) is 5.92 Å². The Morgan fingerprint density at radius 3 is 2.93 bits per heavy atom. The maximum absolute atomic E-state index is 9.56. The summed E-state index contributed by atoms with van der Waals surface area (Å²) in [5, 5.41) is 9.56. The van der Waals surface area contributed by atoms with Gasteiger partial charge in [0.2, 0.25) is 0 Å². The molecule has 1 saturated carbocycles. The molecule has 0 bridgehead atoms. The summed E-state index contributed by atoms with van der Waals surface area (Å²) in [6.07, 6.45) is 5.58. The lowest BCUT2D eigenvalue weighted by Crippen LogP contribution is -2.20. The molecule has 78 valence electrons. The van der Waals surface area contributed by atoms with E-state index in [0.29, 0.717) is 5.92 Å². The molecule has 1 aromatic heterocycles. The highest BCUT2D eigenvalue weighted by atomic mass is 79.9. The zero-order valence-electron chi connectivity index (χ0n) is 8.08. The summed E-state index contributed by atoms with van der Waals surface area (Å²) in [7, 11) is 0. The number of thiophene rings is 1. The third-order valence-electron chi connectivity index (χ3n) is 2.87. The van der Waals surface area contributed by atoms with E-state index in [2.05, 4.69) is 28.1 Å². The molecular weight excluding hydrogens is 260 g/mol. The summed E-state index contributed by atoms with van der Waals surface area (Å²) >= 11 is 5.30. The summed E-state index contributed by atoms with van der Waals surface area (Å²) in [6, 6.07) is 4.30. The molecule has 3 heteroatoms. The van der Waals surface area contributed by atoms with Gasteiger partial charge in [0.15, 0.2) is 0 Å². The quantitative estimate of drug-likeness (QED) is 0.874. The second kappa shape index (κ2) is 4.77.